The summed E-state index contributed by atoms with van der Waals surface area (Å²) in [5.41, 5.74) is 6.92. The number of carbonyl (C=O) groups is 1. The van der Waals surface area contributed by atoms with Gasteiger partial charge in [-0.25, -0.2) is 14.2 Å². The van der Waals surface area contributed by atoms with Crippen LogP contribution in [-0.2, 0) is 28.3 Å². The van der Waals surface area contributed by atoms with Gasteiger partial charge >= 0.3 is 5.97 Å². The molecule has 7 nitrogen and oxygen atoms in total. The highest BCUT2D eigenvalue weighted by Gasteiger charge is 2.45. The Morgan fingerprint density at radius 2 is 2.00 bits per heavy atom. The number of halogens is 1. The van der Waals surface area contributed by atoms with Gasteiger partial charge in [-0.2, -0.15) is 0 Å². The van der Waals surface area contributed by atoms with Crippen molar-refractivity contribution in [2.24, 2.45) is 0 Å². The summed E-state index contributed by atoms with van der Waals surface area (Å²) >= 11 is 0. The lowest BCUT2D eigenvalue weighted by Gasteiger charge is -2.31. The van der Waals surface area contributed by atoms with Gasteiger partial charge in [-0.3, -0.25) is 4.79 Å². The Kier molecular flexibility index (Phi) is 4.22. The van der Waals surface area contributed by atoms with E-state index in [1.54, 1.807) is 23.6 Å². The Morgan fingerprint density at radius 3 is 2.66 bits per heavy atom. The number of aliphatic hydroxyl groups is 1. The molecule has 3 aromatic rings. The zero-order chi connectivity index (χ0) is 23.2. The maximum atomic E-state index is 14.6. The predicted molar refractivity (Wildman–Crippen MR) is 122 cm³/mol. The summed E-state index contributed by atoms with van der Waals surface area (Å²) < 4.78 is 21.3. The van der Waals surface area contributed by atoms with Crippen LogP contribution in [-0.4, -0.2) is 28.7 Å². The van der Waals surface area contributed by atoms with Crippen LogP contribution in [0.25, 0.3) is 22.3 Å². The van der Waals surface area contributed by atoms with Crippen molar-refractivity contribution in [3.8, 4) is 11.4 Å². The molecule has 2 aliphatic heterocycles. The highest BCUT2D eigenvalue weighted by molar-refractivity contribution is 6.90. The van der Waals surface area contributed by atoms with E-state index in [0.717, 1.165) is 10.8 Å². The number of esters is 1. The van der Waals surface area contributed by atoms with Gasteiger partial charge in [0.2, 0.25) is 0 Å². The van der Waals surface area contributed by atoms with Crippen LogP contribution in [0, 0.1) is 5.82 Å². The van der Waals surface area contributed by atoms with Crippen LogP contribution in [0.4, 0.5) is 10.1 Å². The van der Waals surface area contributed by atoms with E-state index in [2.05, 4.69) is 19.6 Å². The number of nitrogens with two attached hydrogens (primary N) is 1. The average Bonchev–Trinajstić information content (AvgIpc) is 3.10. The number of pyridine rings is 2. The van der Waals surface area contributed by atoms with Gasteiger partial charge in [-0.05, 0) is 29.8 Å². The molecule has 5 rings (SSSR count). The summed E-state index contributed by atoms with van der Waals surface area (Å²) in [6.07, 6.45) is 0.0787. The van der Waals surface area contributed by atoms with Crippen molar-refractivity contribution in [2.75, 3.05) is 5.73 Å². The Labute approximate surface area is 184 Å². The van der Waals surface area contributed by atoms with Gasteiger partial charge in [0.1, 0.15) is 12.4 Å². The molecule has 0 saturated heterocycles. The van der Waals surface area contributed by atoms with E-state index in [0.29, 0.717) is 22.3 Å². The summed E-state index contributed by atoms with van der Waals surface area (Å²) in [6.45, 7) is 8.05. The SMILES string of the molecule is CC[C@@]1(O)C(=O)OCc2c1cc1n(c2=O)Cc2cc3c(N)c(F)cc([Si](C)(C)C)c3nc2-1. The molecule has 1 aromatic carbocycles. The normalized spacial score (nSPS) is 19.5. The molecule has 9 heteroatoms. The largest absolute Gasteiger partial charge is 0.458 e. The number of hydrogen-bond acceptors (Lipinski definition) is 6. The van der Waals surface area contributed by atoms with E-state index < -0.39 is 25.5 Å². The average molecular weight is 454 g/mol. The Balaban J connectivity index is 1.84. The van der Waals surface area contributed by atoms with Crippen molar-refractivity contribution in [1.82, 2.24) is 9.55 Å². The monoisotopic (exact) mass is 453 g/mol. The van der Waals surface area contributed by atoms with E-state index in [9.17, 15) is 19.1 Å². The van der Waals surface area contributed by atoms with Crippen LogP contribution >= 0.6 is 0 Å². The van der Waals surface area contributed by atoms with Crippen LogP contribution in [0.3, 0.4) is 0 Å². The van der Waals surface area contributed by atoms with Crippen molar-refractivity contribution < 1.29 is 19.0 Å². The molecule has 0 spiro atoms. The molecule has 1 atom stereocenters. The predicted octanol–water partition coefficient (Wildman–Crippen LogP) is 2.35. The number of benzene rings is 1. The number of fused-ring (bicyclic) bond motifs is 5. The van der Waals surface area contributed by atoms with Gasteiger partial charge in [0, 0.05) is 16.5 Å². The first kappa shape index (κ1) is 20.8. The molecule has 32 heavy (non-hydrogen) atoms. The summed E-state index contributed by atoms with van der Waals surface area (Å²) in [6, 6.07) is 4.95. The number of ether oxygens (including phenoxy) is 1. The molecule has 4 heterocycles. The number of aromatic nitrogens is 2. The lowest BCUT2D eigenvalue weighted by Crippen LogP contribution is -2.44. The van der Waals surface area contributed by atoms with Gasteiger partial charge < -0.3 is 20.1 Å². The maximum absolute atomic E-state index is 14.6. The van der Waals surface area contributed by atoms with Gasteiger partial charge in [-0.15, -0.1) is 0 Å². The molecule has 0 bridgehead atoms. The van der Waals surface area contributed by atoms with E-state index in [-0.39, 0.29) is 41.9 Å². The molecule has 166 valence electrons. The number of carbonyl (C=O) groups excluding carboxylic acids is 1. The van der Waals surface area contributed by atoms with Crippen molar-refractivity contribution in [1.29, 1.82) is 0 Å². The fraction of sp³-hybridized carbons (Fsp3) is 0.348. The lowest BCUT2D eigenvalue weighted by atomic mass is 9.86. The standard InChI is InChI=1S/C23H24FN3O4Si/c1-5-23(30)14-7-16-19-11(9-27(16)21(28)13(14)10-31-22(23)29)6-12-18(25)15(24)8-17(20(12)26-19)32(2,3)4/h6-8,30H,5,9-10,25H2,1-4H3/t23-/m0/s1. The fourth-order valence-electron chi connectivity index (χ4n) is 4.70. The highest BCUT2D eigenvalue weighted by atomic mass is 28.3. The van der Waals surface area contributed by atoms with Gasteiger partial charge in [0.15, 0.2) is 5.60 Å². The molecule has 2 aliphatic rings. The molecule has 3 N–H and O–H groups in total. The fourth-order valence-corrected chi connectivity index (χ4v) is 6.16. The minimum atomic E-state index is -1.98. The second-order valence-corrected chi connectivity index (χ2v) is 14.6. The first-order valence-electron chi connectivity index (χ1n) is 10.6. The molecular weight excluding hydrogens is 429 g/mol. The van der Waals surface area contributed by atoms with Gasteiger partial charge in [0.25, 0.3) is 5.56 Å². The topological polar surface area (TPSA) is 107 Å². The number of hydrogen-bond donors (Lipinski definition) is 2. The number of rotatable bonds is 2. The number of cyclic esters (lactones) is 1. The van der Waals surface area contributed by atoms with Crippen molar-refractivity contribution >= 4 is 35.8 Å². The minimum Gasteiger partial charge on any atom is -0.458 e. The van der Waals surface area contributed by atoms with Crippen LogP contribution in [0.5, 0.6) is 0 Å². The van der Waals surface area contributed by atoms with E-state index in [4.69, 9.17) is 15.5 Å². The van der Waals surface area contributed by atoms with Crippen LogP contribution in [0.15, 0.2) is 23.0 Å². The Morgan fingerprint density at radius 1 is 1.28 bits per heavy atom. The number of nitrogen functional groups attached to an aromatic ring is 1. The quantitative estimate of drug-likeness (QED) is 0.274. The smallest absolute Gasteiger partial charge is 0.343 e. The molecule has 0 amide bonds. The second kappa shape index (κ2) is 6.49. The summed E-state index contributed by atoms with van der Waals surface area (Å²) in [5.74, 6) is -1.23. The van der Waals surface area contributed by atoms with E-state index in [1.165, 1.54) is 6.07 Å². The zero-order valence-electron chi connectivity index (χ0n) is 18.4. The molecule has 0 aliphatic carbocycles. The number of nitrogens with zero attached hydrogens (tertiary/aromatic N) is 2. The first-order valence-corrected chi connectivity index (χ1v) is 14.1. The zero-order valence-corrected chi connectivity index (χ0v) is 19.4. The summed E-state index contributed by atoms with van der Waals surface area (Å²) in [4.78, 5) is 30.5. The third-order valence-electron chi connectivity index (χ3n) is 6.60. The lowest BCUT2D eigenvalue weighted by molar-refractivity contribution is -0.172. The highest BCUT2D eigenvalue weighted by Crippen LogP contribution is 2.39. The van der Waals surface area contributed by atoms with E-state index in [1.807, 2.05) is 0 Å². The minimum absolute atomic E-state index is 0.0410. The molecule has 2 aromatic heterocycles. The Hall–Kier alpha value is -3.04. The molecule has 0 fully saturated rings. The van der Waals surface area contributed by atoms with Crippen molar-refractivity contribution in [3.05, 3.63) is 51.1 Å². The number of anilines is 1. The van der Waals surface area contributed by atoms with Gasteiger partial charge in [0.05, 0.1) is 42.8 Å². The third kappa shape index (κ3) is 2.64. The van der Waals surface area contributed by atoms with E-state index >= 15 is 0 Å². The van der Waals surface area contributed by atoms with Crippen molar-refractivity contribution in [2.45, 2.75) is 51.7 Å². The van der Waals surface area contributed by atoms with Crippen LogP contribution < -0.4 is 16.5 Å². The van der Waals surface area contributed by atoms with Gasteiger partial charge in [-0.1, -0.05) is 26.6 Å². The third-order valence-corrected chi connectivity index (χ3v) is 8.59. The van der Waals surface area contributed by atoms with Crippen LogP contribution in [0.1, 0.15) is 30.0 Å². The Bertz CT molecular complexity index is 1410. The molecule has 0 radical (unpaired) electrons. The molecule has 0 unspecified atom stereocenters. The molecule has 0 saturated carbocycles. The van der Waals surface area contributed by atoms with Crippen molar-refractivity contribution in [3.63, 3.8) is 0 Å². The van der Waals surface area contributed by atoms with Crippen LogP contribution in [0.2, 0.25) is 19.6 Å². The molecular formula is C23H24FN3O4Si. The first-order chi connectivity index (χ1) is 15.0. The summed E-state index contributed by atoms with van der Waals surface area (Å²) in [5, 5.41) is 12.4. The summed E-state index contributed by atoms with van der Waals surface area (Å²) in [7, 11) is -1.98. The second-order valence-electron chi connectivity index (χ2n) is 9.56. The maximum Gasteiger partial charge on any atom is 0.343 e.